The average Bonchev–Trinajstić information content (AvgIpc) is 2.26. The quantitative estimate of drug-likeness (QED) is 0.867. The summed E-state index contributed by atoms with van der Waals surface area (Å²) in [5, 5.41) is 12.7. The molecule has 5 heteroatoms. The van der Waals surface area contributed by atoms with E-state index in [0.29, 0.717) is 18.8 Å². The third-order valence-corrected chi connectivity index (χ3v) is 3.55. The Labute approximate surface area is 112 Å². The third-order valence-electron chi connectivity index (χ3n) is 3.55. The molecule has 0 atom stereocenters. The highest BCUT2D eigenvalue weighted by Gasteiger charge is 2.43. The Morgan fingerprint density at radius 1 is 1.53 bits per heavy atom. The molecule has 1 fully saturated rings. The first kappa shape index (κ1) is 14.0. The molecule has 1 heterocycles. The Kier molecular flexibility index (Phi) is 3.87. The summed E-state index contributed by atoms with van der Waals surface area (Å²) in [6, 6.07) is 5.79. The monoisotopic (exact) mass is 266 g/mol. The van der Waals surface area contributed by atoms with Crippen molar-refractivity contribution in [2.24, 2.45) is 5.92 Å². The van der Waals surface area contributed by atoms with Gasteiger partial charge in [0.25, 0.3) is 0 Å². The van der Waals surface area contributed by atoms with Crippen LogP contribution in [-0.2, 0) is 4.79 Å². The molecule has 0 saturated carbocycles. The molecule has 19 heavy (non-hydrogen) atoms. The Bertz CT molecular complexity index is 470. The fourth-order valence-corrected chi connectivity index (χ4v) is 2.17. The van der Waals surface area contributed by atoms with Gasteiger partial charge in [0.2, 0.25) is 5.91 Å². The molecule has 2 rings (SSSR count). The van der Waals surface area contributed by atoms with E-state index < -0.39 is 5.60 Å². The smallest absolute Gasteiger partial charge is 0.238 e. The van der Waals surface area contributed by atoms with Crippen LogP contribution >= 0.6 is 0 Å². The number of anilines is 1. The third kappa shape index (κ3) is 3.30. The summed E-state index contributed by atoms with van der Waals surface area (Å²) in [5.74, 6) is -0.401. The summed E-state index contributed by atoms with van der Waals surface area (Å²) in [6.07, 6.45) is 0. The van der Waals surface area contributed by atoms with Crippen molar-refractivity contribution in [2.75, 3.05) is 25.0 Å². The summed E-state index contributed by atoms with van der Waals surface area (Å²) in [4.78, 5) is 13.6. The van der Waals surface area contributed by atoms with Crippen LogP contribution in [0.2, 0.25) is 0 Å². The van der Waals surface area contributed by atoms with E-state index in [1.807, 2.05) is 18.7 Å². The number of likely N-dealkylation sites (tertiary alicyclic amines) is 1. The number of rotatable bonds is 4. The first-order valence-electron chi connectivity index (χ1n) is 6.39. The fraction of sp³-hybridized carbons (Fsp3) is 0.500. The SMILES string of the molecule is CC(C)C1(O)CN(CC(=O)Nc2cccc(F)c2)C1. The van der Waals surface area contributed by atoms with E-state index in [4.69, 9.17) is 0 Å². The van der Waals surface area contributed by atoms with Crippen LogP contribution in [0.3, 0.4) is 0 Å². The van der Waals surface area contributed by atoms with Crippen LogP contribution in [-0.4, -0.2) is 41.1 Å². The molecule has 0 bridgehead atoms. The Balaban J connectivity index is 1.81. The van der Waals surface area contributed by atoms with Gasteiger partial charge in [-0.15, -0.1) is 0 Å². The van der Waals surface area contributed by atoms with Gasteiger partial charge >= 0.3 is 0 Å². The van der Waals surface area contributed by atoms with Gasteiger partial charge in [0.1, 0.15) is 5.82 Å². The highest BCUT2D eigenvalue weighted by atomic mass is 19.1. The van der Waals surface area contributed by atoms with Crippen LogP contribution in [0.1, 0.15) is 13.8 Å². The molecule has 1 amide bonds. The molecule has 0 aliphatic carbocycles. The lowest BCUT2D eigenvalue weighted by molar-refractivity contribution is -0.139. The van der Waals surface area contributed by atoms with Crippen molar-refractivity contribution in [3.05, 3.63) is 30.1 Å². The summed E-state index contributed by atoms with van der Waals surface area (Å²) in [6.45, 7) is 5.14. The minimum atomic E-state index is -0.681. The van der Waals surface area contributed by atoms with E-state index in [2.05, 4.69) is 5.32 Å². The number of nitrogens with zero attached hydrogens (tertiary/aromatic N) is 1. The van der Waals surface area contributed by atoms with E-state index in [9.17, 15) is 14.3 Å². The minimum absolute atomic E-state index is 0.176. The highest BCUT2D eigenvalue weighted by Crippen LogP contribution is 2.28. The molecule has 1 aliphatic heterocycles. The molecule has 0 aromatic heterocycles. The number of aliphatic hydroxyl groups is 1. The van der Waals surface area contributed by atoms with Gasteiger partial charge in [0.15, 0.2) is 0 Å². The molecule has 0 radical (unpaired) electrons. The van der Waals surface area contributed by atoms with E-state index in [-0.39, 0.29) is 24.2 Å². The zero-order chi connectivity index (χ0) is 14.0. The second-order valence-corrected chi connectivity index (χ2v) is 5.46. The Morgan fingerprint density at radius 3 is 2.79 bits per heavy atom. The number of hydrogen-bond acceptors (Lipinski definition) is 3. The number of amides is 1. The zero-order valence-corrected chi connectivity index (χ0v) is 11.2. The van der Waals surface area contributed by atoms with Crippen molar-refractivity contribution in [2.45, 2.75) is 19.4 Å². The summed E-state index contributed by atoms with van der Waals surface area (Å²) in [5.41, 5.74) is -0.233. The number of carbonyl (C=O) groups excluding carboxylic acids is 1. The Hall–Kier alpha value is -1.46. The molecular weight excluding hydrogens is 247 g/mol. The van der Waals surface area contributed by atoms with Crippen LogP contribution < -0.4 is 5.32 Å². The summed E-state index contributed by atoms with van der Waals surface area (Å²) < 4.78 is 13.0. The van der Waals surface area contributed by atoms with Gasteiger partial charge in [-0.25, -0.2) is 4.39 Å². The molecule has 2 N–H and O–H groups in total. The maximum absolute atomic E-state index is 13.0. The predicted molar refractivity (Wildman–Crippen MR) is 71.3 cm³/mol. The molecule has 104 valence electrons. The first-order chi connectivity index (χ1) is 8.89. The van der Waals surface area contributed by atoms with E-state index in [1.54, 1.807) is 12.1 Å². The van der Waals surface area contributed by atoms with E-state index in [0.717, 1.165) is 0 Å². The predicted octanol–water partition coefficient (Wildman–Crippen LogP) is 1.47. The molecule has 4 nitrogen and oxygen atoms in total. The number of benzene rings is 1. The lowest BCUT2D eigenvalue weighted by atomic mass is 9.83. The van der Waals surface area contributed by atoms with Crippen LogP contribution in [0.5, 0.6) is 0 Å². The second-order valence-electron chi connectivity index (χ2n) is 5.46. The molecule has 0 unspecified atom stereocenters. The van der Waals surface area contributed by atoms with Gasteiger partial charge in [0, 0.05) is 18.8 Å². The van der Waals surface area contributed by atoms with Crippen LogP contribution in [0.15, 0.2) is 24.3 Å². The highest BCUT2D eigenvalue weighted by molar-refractivity contribution is 5.92. The van der Waals surface area contributed by atoms with Gasteiger partial charge in [0.05, 0.1) is 12.1 Å². The molecule has 1 aromatic carbocycles. The van der Waals surface area contributed by atoms with Crippen molar-refractivity contribution < 1.29 is 14.3 Å². The van der Waals surface area contributed by atoms with E-state index >= 15 is 0 Å². The van der Waals surface area contributed by atoms with Crippen molar-refractivity contribution in [1.29, 1.82) is 0 Å². The number of carbonyl (C=O) groups is 1. The Morgan fingerprint density at radius 2 is 2.21 bits per heavy atom. The normalized spacial score (nSPS) is 18.2. The van der Waals surface area contributed by atoms with Gasteiger partial charge in [-0.1, -0.05) is 19.9 Å². The van der Waals surface area contributed by atoms with Crippen LogP contribution in [0, 0.1) is 11.7 Å². The second kappa shape index (κ2) is 5.27. The lowest BCUT2D eigenvalue weighted by Crippen LogP contribution is -2.65. The van der Waals surface area contributed by atoms with Gasteiger partial charge in [-0.2, -0.15) is 0 Å². The van der Waals surface area contributed by atoms with E-state index in [1.165, 1.54) is 12.1 Å². The molecule has 1 saturated heterocycles. The fourth-order valence-electron chi connectivity index (χ4n) is 2.17. The summed E-state index contributed by atoms with van der Waals surface area (Å²) >= 11 is 0. The number of halogens is 1. The van der Waals surface area contributed by atoms with Gasteiger partial charge < -0.3 is 10.4 Å². The molecular formula is C14H19FN2O2. The lowest BCUT2D eigenvalue weighted by Gasteiger charge is -2.48. The number of nitrogens with one attached hydrogen (secondary N) is 1. The van der Waals surface area contributed by atoms with Crippen LogP contribution in [0.4, 0.5) is 10.1 Å². The minimum Gasteiger partial charge on any atom is -0.387 e. The summed E-state index contributed by atoms with van der Waals surface area (Å²) in [7, 11) is 0. The standard InChI is InChI=1S/C14H19FN2O2/c1-10(2)14(19)8-17(9-14)7-13(18)16-12-5-3-4-11(15)6-12/h3-6,10,19H,7-9H2,1-2H3,(H,16,18). The van der Waals surface area contributed by atoms with Crippen LogP contribution in [0.25, 0.3) is 0 Å². The topological polar surface area (TPSA) is 52.6 Å². The van der Waals surface area contributed by atoms with Gasteiger partial charge in [-0.3, -0.25) is 9.69 Å². The molecule has 0 spiro atoms. The van der Waals surface area contributed by atoms with Crippen molar-refractivity contribution in [3.63, 3.8) is 0 Å². The van der Waals surface area contributed by atoms with Gasteiger partial charge in [-0.05, 0) is 24.1 Å². The largest absolute Gasteiger partial charge is 0.387 e. The number of β-amino-alcohol motifs (C(OH)–C–C–N with tert-alkyl or cyclic N) is 1. The van der Waals surface area contributed by atoms with Crippen molar-refractivity contribution >= 4 is 11.6 Å². The molecule has 1 aromatic rings. The van der Waals surface area contributed by atoms with Crippen molar-refractivity contribution in [1.82, 2.24) is 4.90 Å². The first-order valence-corrected chi connectivity index (χ1v) is 6.39. The maximum Gasteiger partial charge on any atom is 0.238 e. The maximum atomic E-state index is 13.0. The number of hydrogen-bond donors (Lipinski definition) is 2. The average molecular weight is 266 g/mol. The molecule has 1 aliphatic rings. The van der Waals surface area contributed by atoms with Crippen molar-refractivity contribution in [3.8, 4) is 0 Å². The zero-order valence-electron chi connectivity index (χ0n) is 11.2.